The van der Waals surface area contributed by atoms with Gasteiger partial charge in [0.1, 0.15) is 5.75 Å². The summed E-state index contributed by atoms with van der Waals surface area (Å²) in [6.07, 6.45) is -0.195. The minimum atomic E-state index is -0.675. The number of anilines is 1. The predicted molar refractivity (Wildman–Crippen MR) is 92.3 cm³/mol. The van der Waals surface area contributed by atoms with Gasteiger partial charge in [0.05, 0.1) is 4.92 Å². The molecule has 0 heterocycles. The molecule has 0 saturated carbocycles. The molecule has 0 bridgehead atoms. The molecule has 1 amide bonds. The zero-order chi connectivity index (χ0) is 17.7. The van der Waals surface area contributed by atoms with Gasteiger partial charge in [-0.3, -0.25) is 14.9 Å². The molecule has 1 atom stereocenters. The first-order chi connectivity index (χ1) is 11.4. The van der Waals surface area contributed by atoms with Crippen LogP contribution in [0.4, 0.5) is 11.4 Å². The fourth-order valence-electron chi connectivity index (χ4n) is 2.19. The summed E-state index contributed by atoms with van der Waals surface area (Å²) >= 11 is 0. The Balaban J connectivity index is 2.09. The molecule has 126 valence electrons. The van der Waals surface area contributed by atoms with Crippen molar-refractivity contribution in [3.05, 3.63) is 63.7 Å². The van der Waals surface area contributed by atoms with Crippen LogP contribution in [-0.4, -0.2) is 16.9 Å². The van der Waals surface area contributed by atoms with Crippen LogP contribution in [0.2, 0.25) is 0 Å². The van der Waals surface area contributed by atoms with Crippen molar-refractivity contribution in [1.29, 1.82) is 0 Å². The van der Waals surface area contributed by atoms with Crippen LogP contribution in [0.3, 0.4) is 0 Å². The highest BCUT2D eigenvalue weighted by Gasteiger charge is 2.19. The van der Waals surface area contributed by atoms with Gasteiger partial charge < -0.3 is 10.1 Å². The number of carbonyl (C=O) groups excluding carboxylic acids is 1. The van der Waals surface area contributed by atoms with Crippen molar-refractivity contribution in [2.75, 3.05) is 5.32 Å². The second-order valence-electron chi connectivity index (χ2n) is 5.56. The molecule has 6 heteroatoms. The molecule has 0 radical (unpaired) electrons. The predicted octanol–water partition coefficient (Wildman–Crippen LogP) is 4.01. The highest BCUT2D eigenvalue weighted by molar-refractivity contribution is 5.94. The van der Waals surface area contributed by atoms with Gasteiger partial charge in [0.2, 0.25) is 0 Å². The summed E-state index contributed by atoms with van der Waals surface area (Å²) in [5, 5.41) is 13.5. The number of ether oxygens (including phenoxy) is 1. The zero-order valence-corrected chi connectivity index (χ0v) is 13.9. The molecule has 2 aromatic rings. The number of amides is 1. The maximum atomic E-state index is 12.4. The molecular formula is C18H20N2O4. The van der Waals surface area contributed by atoms with Gasteiger partial charge in [-0.1, -0.05) is 19.1 Å². The number of carbonyl (C=O) groups is 1. The quantitative estimate of drug-likeness (QED) is 0.641. The van der Waals surface area contributed by atoms with Crippen LogP contribution in [0.5, 0.6) is 5.75 Å². The third-order valence-electron chi connectivity index (χ3n) is 3.74. The van der Waals surface area contributed by atoms with Gasteiger partial charge in [-0.2, -0.15) is 0 Å². The Kier molecular flexibility index (Phi) is 5.52. The summed E-state index contributed by atoms with van der Waals surface area (Å²) in [6.45, 7) is 5.83. The van der Waals surface area contributed by atoms with Crippen molar-refractivity contribution < 1.29 is 14.5 Å². The zero-order valence-electron chi connectivity index (χ0n) is 13.9. The highest BCUT2D eigenvalue weighted by atomic mass is 16.6. The van der Waals surface area contributed by atoms with Crippen LogP contribution < -0.4 is 10.1 Å². The van der Waals surface area contributed by atoms with Crippen LogP contribution in [0, 0.1) is 24.0 Å². The molecule has 0 aromatic heterocycles. The van der Waals surface area contributed by atoms with Crippen molar-refractivity contribution in [3.8, 4) is 5.75 Å². The number of rotatable bonds is 6. The van der Waals surface area contributed by atoms with E-state index in [1.165, 1.54) is 18.2 Å². The van der Waals surface area contributed by atoms with Crippen molar-refractivity contribution in [2.45, 2.75) is 33.3 Å². The molecule has 0 spiro atoms. The van der Waals surface area contributed by atoms with E-state index < -0.39 is 11.0 Å². The van der Waals surface area contributed by atoms with E-state index in [4.69, 9.17) is 4.74 Å². The summed E-state index contributed by atoms with van der Waals surface area (Å²) in [7, 11) is 0. The monoisotopic (exact) mass is 328 g/mol. The first-order valence-electron chi connectivity index (χ1n) is 7.70. The lowest BCUT2D eigenvalue weighted by Gasteiger charge is -2.18. The lowest BCUT2D eigenvalue weighted by atomic mass is 10.1. The lowest BCUT2D eigenvalue weighted by molar-refractivity contribution is -0.384. The second kappa shape index (κ2) is 7.59. The van der Waals surface area contributed by atoms with Crippen molar-refractivity contribution in [2.24, 2.45) is 0 Å². The van der Waals surface area contributed by atoms with Crippen LogP contribution >= 0.6 is 0 Å². The number of hydrogen-bond donors (Lipinski definition) is 1. The van der Waals surface area contributed by atoms with Gasteiger partial charge in [0.15, 0.2) is 6.10 Å². The number of nitro benzene ring substituents is 1. The standard InChI is InChI=1S/C18H20N2O4/c1-4-17(24-16-9-8-12(2)13(3)10-16)18(21)19-14-6-5-7-15(11-14)20(22)23/h5-11,17H,4H2,1-3H3,(H,19,21)/t17-/m1/s1. The molecule has 2 rings (SSSR count). The number of hydrogen-bond acceptors (Lipinski definition) is 4. The van der Waals surface area contributed by atoms with Crippen molar-refractivity contribution in [3.63, 3.8) is 0 Å². The molecule has 0 saturated heterocycles. The Hall–Kier alpha value is -2.89. The molecule has 2 aromatic carbocycles. The summed E-state index contributed by atoms with van der Waals surface area (Å²) in [5.74, 6) is 0.287. The van der Waals surface area contributed by atoms with Gasteiger partial charge in [-0.05, 0) is 49.6 Å². The summed E-state index contributed by atoms with van der Waals surface area (Å²) in [5.41, 5.74) is 2.53. The van der Waals surface area contributed by atoms with Crippen LogP contribution in [0.15, 0.2) is 42.5 Å². The topological polar surface area (TPSA) is 81.5 Å². The van der Waals surface area contributed by atoms with E-state index >= 15 is 0 Å². The van der Waals surface area contributed by atoms with Crippen LogP contribution in [-0.2, 0) is 4.79 Å². The highest BCUT2D eigenvalue weighted by Crippen LogP contribution is 2.20. The van der Waals surface area contributed by atoms with Crippen LogP contribution in [0.1, 0.15) is 24.5 Å². The Morgan fingerprint density at radius 1 is 1.21 bits per heavy atom. The Morgan fingerprint density at radius 3 is 2.58 bits per heavy atom. The Bertz CT molecular complexity index is 758. The fourth-order valence-corrected chi connectivity index (χ4v) is 2.19. The number of benzene rings is 2. The smallest absolute Gasteiger partial charge is 0.271 e. The molecule has 0 aliphatic heterocycles. The van der Waals surface area contributed by atoms with E-state index in [-0.39, 0.29) is 11.6 Å². The number of nitrogens with one attached hydrogen (secondary N) is 1. The van der Waals surface area contributed by atoms with Crippen LogP contribution in [0.25, 0.3) is 0 Å². The van der Waals surface area contributed by atoms with E-state index in [2.05, 4.69) is 5.32 Å². The van der Waals surface area contributed by atoms with E-state index in [9.17, 15) is 14.9 Å². The normalized spacial score (nSPS) is 11.6. The maximum Gasteiger partial charge on any atom is 0.271 e. The molecule has 6 nitrogen and oxygen atoms in total. The average molecular weight is 328 g/mol. The van der Waals surface area contributed by atoms with Gasteiger partial charge >= 0.3 is 0 Å². The molecule has 0 fully saturated rings. The number of aryl methyl sites for hydroxylation is 2. The molecule has 0 aliphatic carbocycles. The summed E-state index contributed by atoms with van der Waals surface area (Å²) < 4.78 is 5.77. The Morgan fingerprint density at radius 2 is 1.96 bits per heavy atom. The lowest BCUT2D eigenvalue weighted by Crippen LogP contribution is -2.32. The van der Waals surface area contributed by atoms with Gasteiger partial charge in [-0.15, -0.1) is 0 Å². The SMILES string of the molecule is CC[C@@H](Oc1ccc(C)c(C)c1)C(=O)Nc1cccc([N+](=O)[O-])c1. The number of nitro groups is 1. The molecule has 24 heavy (non-hydrogen) atoms. The van der Waals surface area contributed by atoms with Crippen molar-refractivity contribution in [1.82, 2.24) is 0 Å². The first-order valence-corrected chi connectivity index (χ1v) is 7.70. The molecule has 0 aliphatic rings. The first kappa shape index (κ1) is 17.5. The fraction of sp³-hybridized carbons (Fsp3) is 0.278. The minimum Gasteiger partial charge on any atom is -0.481 e. The second-order valence-corrected chi connectivity index (χ2v) is 5.56. The van der Waals surface area contributed by atoms with E-state index in [0.29, 0.717) is 17.9 Å². The van der Waals surface area contributed by atoms with Crippen molar-refractivity contribution >= 4 is 17.3 Å². The third kappa shape index (κ3) is 4.32. The molecule has 1 N–H and O–H groups in total. The largest absolute Gasteiger partial charge is 0.481 e. The molecular weight excluding hydrogens is 308 g/mol. The summed E-state index contributed by atoms with van der Waals surface area (Å²) in [6, 6.07) is 11.5. The third-order valence-corrected chi connectivity index (χ3v) is 3.74. The minimum absolute atomic E-state index is 0.0732. The Labute approximate surface area is 140 Å². The maximum absolute atomic E-state index is 12.4. The summed E-state index contributed by atoms with van der Waals surface area (Å²) in [4.78, 5) is 22.7. The number of nitrogens with zero attached hydrogens (tertiary/aromatic N) is 1. The van der Waals surface area contributed by atoms with E-state index in [0.717, 1.165) is 11.1 Å². The van der Waals surface area contributed by atoms with Gasteiger partial charge in [0.25, 0.3) is 11.6 Å². The van der Waals surface area contributed by atoms with E-state index in [1.54, 1.807) is 6.07 Å². The molecule has 0 unspecified atom stereocenters. The average Bonchev–Trinajstić information content (AvgIpc) is 2.55. The van der Waals surface area contributed by atoms with Gasteiger partial charge in [0, 0.05) is 17.8 Å². The number of non-ortho nitro benzene ring substituents is 1. The van der Waals surface area contributed by atoms with Gasteiger partial charge in [-0.25, -0.2) is 0 Å². The van der Waals surface area contributed by atoms with E-state index in [1.807, 2.05) is 39.0 Å².